The van der Waals surface area contributed by atoms with E-state index in [9.17, 15) is 0 Å². The van der Waals surface area contributed by atoms with Crippen molar-refractivity contribution in [1.29, 1.82) is 0 Å². The van der Waals surface area contributed by atoms with Crippen LogP contribution in [0, 0.1) is 6.92 Å². The number of nitrogens with one attached hydrogen (secondary N) is 1. The van der Waals surface area contributed by atoms with Gasteiger partial charge >= 0.3 is 0 Å². The average molecular weight is 210 g/mol. The van der Waals surface area contributed by atoms with Gasteiger partial charge in [-0.05, 0) is 19.4 Å². The van der Waals surface area contributed by atoms with Crippen molar-refractivity contribution in [1.82, 2.24) is 5.32 Å². The molecular formula is C12H16ClN. The summed E-state index contributed by atoms with van der Waals surface area (Å²) in [5.41, 5.74) is 4.13. The van der Waals surface area contributed by atoms with Crippen LogP contribution in [0.4, 0.5) is 0 Å². The van der Waals surface area contributed by atoms with Gasteiger partial charge in [0.15, 0.2) is 0 Å². The third-order valence-electron chi connectivity index (χ3n) is 2.21. The summed E-state index contributed by atoms with van der Waals surface area (Å²) in [6.07, 6.45) is 1.90. The second kappa shape index (κ2) is 5.84. The van der Waals surface area contributed by atoms with Crippen LogP contribution in [-0.4, -0.2) is 6.54 Å². The molecule has 0 bridgehead atoms. The van der Waals surface area contributed by atoms with Crippen LogP contribution >= 0.6 is 11.6 Å². The fourth-order valence-corrected chi connectivity index (χ4v) is 1.35. The molecular weight excluding hydrogens is 194 g/mol. The zero-order chi connectivity index (χ0) is 10.4. The lowest BCUT2D eigenvalue weighted by Crippen LogP contribution is -2.18. The highest BCUT2D eigenvalue weighted by Crippen LogP contribution is 2.12. The Kier molecular flexibility index (Phi) is 4.71. The van der Waals surface area contributed by atoms with E-state index in [1.807, 2.05) is 6.08 Å². The van der Waals surface area contributed by atoms with Gasteiger partial charge < -0.3 is 5.32 Å². The van der Waals surface area contributed by atoms with Gasteiger partial charge in [-0.1, -0.05) is 47.5 Å². The molecule has 2 heteroatoms. The molecule has 0 amide bonds. The Bertz CT molecular complexity index is 290. The van der Waals surface area contributed by atoms with Crippen molar-refractivity contribution < 1.29 is 0 Å². The normalized spacial score (nSPS) is 13.4. The van der Waals surface area contributed by atoms with Crippen molar-refractivity contribution in [3.63, 3.8) is 0 Å². The minimum absolute atomic E-state index is 0.364. The van der Waals surface area contributed by atoms with Crippen molar-refractivity contribution in [2.75, 3.05) is 6.54 Å². The van der Waals surface area contributed by atoms with E-state index in [2.05, 4.69) is 43.4 Å². The molecule has 0 fully saturated rings. The van der Waals surface area contributed by atoms with E-state index in [4.69, 9.17) is 11.6 Å². The van der Waals surface area contributed by atoms with Gasteiger partial charge in [0, 0.05) is 18.1 Å². The van der Waals surface area contributed by atoms with Gasteiger partial charge in [-0.3, -0.25) is 0 Å². The van der Waals surface area contributed by atoms with Crippen molar-refractivity contribution in [3.05, 3.63) is 47.0 Å². The SMILES string of the molecule is Cc1ccc([C@H](C)NC/C=C/Cl)cc1. The summed E-state index contributed by atoms with van der Waals surface area (Å²) >= 11 is 5.43. The van der Waals surface area contributed by atoms with E-state index in [0.29, 0.717) is 6.04 Å². The Morgan fingerprint density at radius 3 is 2.57 bits per heavy atom. The van der Waals surface area contributed by atoms with E-state index >= 15 is 0 Å². The van der Waals surface area contributed by atoms with Crippen molar-refractivity contribution >= 4 is 11.6 Å². The lowest BCUT2D eigenvalue weighted by molar-refractivity contribution is 0.617. The highest BCUT2D eigenvalue weighted by atomic mass is 35.5. The Labute approximate surface area is 90.8 Å². The maximum atomic E-state index is 5.43. The molecule has 0 aromatic heterocycles. The molecule has 0 radical (unpaired) electrons. The minimum atomic E-state index is 0.364. The zero-order valence-electron chi connectivity index (χ0n) is 8.63. The summed E-state index contributed by atoms with van der Waals surface area (Å²) in [4.78, 5) is 0. The molecule has 0 unspecified atom stereocenters. The zero-order valence-corrected chi connectivity index (χ0v) is 9.38. The highest BCUT2D eigenvalue weighted by molar-refractivity contribution is 6.25. The van der Waals surface area contributed by atoms with Crippen LogP contribution in [0.3, 0.4) is 0 Å². The first-order valence-corrected chi connectivity index (χ1v) is 5.23. The second-order valence-corrected chi connectivity index (χ2v) is 3.65. The van der Waals surface area contributed by atoms with Gasteiger partial charge in [0.05, 0.1) is 0 Å². The van der Waals surface area contributed by atoms with Crippen LogP contribution in [-0.2, 0) is 0 Å². The number of aryl methyl sites for hydroxylation is 1. The van der Waals surface area contributed by atoms with Gasteiger partial charge in [-0.2, -0.15) is 0 Å². The topological polar surface area (TPSA) is 12.0 Å². The molecule has 0 saturated heterocycles. The first-order valence-electron chi connectivity index (χ1n) is 4.79. The maximum absolute atomic E-state index is 5.43. The standard InChI is InChI=1S/C12H16ClN/c1-10-4-6-12(7-5-10)11(2)14-9-3-8-13/h3-8,11,14H,9H2,1-2H3/b8-3+/t11-/m0/s1. The largest absolute Gasteiger partial charge is 0.307 e. The predicted molar refractivity (Wildman–Crippen MR) is 62.6 cm³/mol. The fourth-order valence-electron chi connectivity index (χ4n) is 1.26. The number of hydrogen-bond donors (Lipinski definition) is 1. The molecule has 0 heterocycles. The van der Waals surface area contributed by atoms with Crippen LogP contribution < -0.4 is 5.32 Å². The predicted octanol–water partition coefficient (Wildman–Crippen LogP) is 3.40. The minimum Gasteiger partial charge on any atom is -0.307 e. The maximum Gasteiger partial charge on any atom is 0.0294 e. The van der Waals surface area contributed by atoms with E-state index in [1.165, 1.54) is 16.7 Å². The van der Waals surface area contributed by atoms with Crippen molar-refractivity contribution in [3.8, 4) is 0 Å². The van der Waals surface area contributed by atoms with Crippen LogP contribution in [0.2, 0.25) is 0 Å². The van der Waals surface area contributed by atoms with Gasteiger partial charge in [-0.15, -0.1) is 0 Å². The molecule has 0 aliphatic carbocycles. The molecule has 14 heavy (non-hydrogen) atoms. The van der Waals surface area contributed by atoms with Crippen molar-refractivity contribution in [2.24, 2.45) is 0 Å². The van der Waals surface area contributed by atoms with E-state index in [0.717, 1.165) is 6.54 Å². The Hall–Kier alpha value is -0.790. The molecule has 1 atom stereocenters. The number of halogens is 1. The van der Waals surface area contributed by atoms with Gasteiger partial charge in [0.2, 0.25) is 0 Å². The summed E-state index contributed by atoms with van der Waals surface area (Å²) in [6, 6.07) is 8.92. The third-order valence-corrected chi connectivity index (χ3v) is 2.39. The fraction of sp³-hybridized carbons (Fsp3) is 0.333. The molecule has 1 aromatic carbocycles. The molecule has 0 aliphatic heterocycles. The molecule has 0 spiro atoms. The van der Waals surface area contributed by atoms with Crippen LogP contribution in [0.15, 0.2) is 35.9 Å². The summed E-state index contributed by atoms with van der Waals surface area (Å²) in [6.45, 7) is 5.05. The van der Waals surface area contributed by atoms with Gasteiger partial charge in [0.1, 0.15) is 0 Å². The smallest absolute Gasteiger partial charge is 0.0294 e. The molecule has 1 N–H and O–H groups in total. The summed E-state index contributed by atoms with van der Waals surface area (Å²) in [5, 5.41) is 3.35. The lowest BCUT2D eigenvalue weighted by atomic mass is 10.1. The summed E-state index contributed by atoms with van der Waals surface area (Å²) < 4.78 is 0. The van der Waals surface area contributed by atoms with Crippen LogP contribution in [0.25, 0.3) is 0 Å². The molecule has 0 aliphatic rings. The Balaban J connectivity index is 2.51. The molecule has 76 valence electrons. The summed E-state index contributed by atoms with van der Waals surface area (Å²) in [5.74, 6) is 0. The Morgan fingerprint density at radius 2 is 2.00 bits per heavy atom. The monoisotopic (exact) mass is 209 g/mol. The van der Waals surface area contributed by atoms with E-state index in [1.54, 1.807) is 0 Å². The molecule has 0 saturated carbocycles. The number of rotatable bonds is 4. The molecule has 1 nitrogen and oxygen atoms in total. The van der Waals surface area contributed by atoms with Crippen LogP contribution in [0.5, 0.6) is 0 Å². The Morgan fingerprint density at radius 1 is 1.36 bits per heavy atom. The second-order valence-electron chi connectivity index (χ2n) is 3.40. The average Bonchev–Trinajstić information content (AvgIpc) is 2.19. The van der Waals surface area contributed by atoms with Gasteiger partial charge in [0.25, 0.3) is 0 Å². The quantitative estimate of drug-likeness (QED) is 0.802. The first-order chi connectivity index (χ1) is 6.74. The van der Waals surface area contributed by atoms with Gasteiger partial charge in [-0.25, -0.2) is 0 Å². The lowest BCUT2D eigenvalue weighted by Gasteiger charge is -2.12. The van der Waals surface area contributed by atoms with E-state index in [-0.39, 0.29) is 0 Å². The third kappa shape index (κ3) is 3.52. The number of hydrogen-bond acceptors (Lipinski definition) is 1. The highest BCUT2D eigenvalue weighted by Gasteiger charge is 2.01. The van der Waals surface area contributed by atoms with Crippen molar-refractivity contribution in [2.45, 2.75) is 19.9 Å². The van der Waals surface area contributed by atoms with Crippen LogP contribution in [0.1, 0.15) is 24.1 Å². The number of benzene rings is 1. The van der Waals surface area contributed by atoms with E-state index < -0.39 is 0 Å². The molecule has 1 aromatic rings. The molecule has 1 rings (SSSR count). The summed E-state index contributed by atoms with van der Waals surface area (Å²) in [7, 11) is 0. The first kappa shape index (κ1) is 11.3.